The van der Waals surface area contributed by atoms with Gasteiger partial charge in [0, 0.05) is 17.2 Å². The highest BCUT2D eigenvalue weighted by molar-refractivity contribution is 7.98. The molecule has 2 rings (SSSR count). The molecule has 0 radical (unpaired) electrons. The van der Waals surface area contributed by atoms with Gasteiger partial charge in [-0.05, 0) is 44.0 Å². The van der Waals surface area contributed by atoms with E-state index in [4.69, 9.17) is 0 Å². The standard InChI is InChI=1S/C15H19N3S/c1-4-16-15-9-17-13(8-18-15)10-19-14-6-5-11(2)12(3)7-14/h5-9H,4,10H2,1-3H3,(H,16,18). The van der Waals surface area contributed by atoms with E-state index in [1.54, 1.807) is 18.0 Å². The van der Waals surface area contributed by atoms with Gasteiger partial charge in [0.15, 0.2) is 0 Å². The third-order valence-electron chi connectivity index (χ3n) is 2.93. The van der Waals surface area contributed by atoms with Crippen molar-refractivity contribution in [3.63, 3.8) is 0 Å². The molecule has 0 fully saturated rings. The lowest BCUT2D eigenvalue weighted by Crippen LogP contribution is -2.00. The molecule has 0 saturated heterocycles. The first-order chi connectivity index (χ1) is 9.19. The molecule has 0 aliphatic heterocycles. The maximum absolute atomic E-state index is 4.41. The molecular formula is C15H19N3S. The van der Waals surface area contributed by atoms with Crippen LogP contribution in [0.25, 0.3) is 0 Å². The van der Waals surface area contributed by atoms with Crippen LogP contribution in [-0.4, -0.2) is 16.5 Å². The molecule has 3 nitrogen and oxygen atoms in total. The number of benzene rings is 1. The second-order valence-corrected chi connectivity index (χ2v) is 5.51. The van der Waals surface area contributed by atoms with Gasteiger partial charge >= 0.3 is 0 Å². The maximum Gasteiger partial charge on any atom is 0.144 e. The van der Waals surface area contributed by atoms with Crippen molar-refractivity contribution >= 4 is 17.6 Å². The lowest BCUT2D eigenvalue weighted by molar-refractivity contribution is 1.07. The van der Waals surface area contributed by atoms with Crippen LogP contribution in [0.1, 0.15) is 23.7 Å². The molecule has 0 saturated carbocycles. The Bertz CT molecular complexity index is 538. The number of hydrogen-bond donors (Lipinski definition) is 1. The van der Waals surface area contributed by atoms with Gasteiger partial charge in [-0.1, -0.05) is 6.07 Å². The van der Waals surface area contributed by atoms with Crippen molar-refractivity contribution in [2.45, 2.75) is 31.4 Å². The van der Waals surface area contributed by atoms with Crippen LogP contribution in [-0.2, 0) is 5.75 Å². The number of nitrogens with zero attached hydrogens (tertiary/aromatic N) is 2. The molecule has 0 atom stereocenters. The van der Waals surface area contributed by atoms with E-state index < -0.39 is 0 Å². The fourth-order valence-corrected chi connectivity index (χ4v) is 2.55. The lowest BCUT2D eigenvalue weighted by atomic mass is 10.1. The highest BCUT2D eigenvalue weighted by Crippen LogP contribution is 2.24. The van der Waals surface area contributed by atoms with Gasteiger partial charge in [-0.3, -0.25) is 4.98 Å². The first-order valence-corrected chi connectivity index (χ1v) is 7.42. The quantitative estimate of drug-likeness (QED) is 0.840. The van der Waals surface area contributed by atoms with Crippen molar-refractivity contribution in [2.24, 2.45) is 0 Å². The number of nitrogens with one attached hydrogen (secondary N) is 1. The van der Waals surface area contributed by atoms with Crippen LogP contribution < -0.4 is 5.32 Å². The average molecular weight is 273 g/mol. The molecule has 1 aromatic heterocycles. The molecule has 0 amide bonds. The molecule has 4 heteroatoms. The van der Waals surface area contributed by atoms with Crippen molar-refractivity contribution in [2.75, 3.05) is 11.9 Å². The van der Waals surface area contributed by atoms with Crippen molar-refractivity contribution in [3.8, 4) is 0 Å². The van der Waals surface area contributed by atoms with E-state index >= 15 is 0 Å². The molecule has 1 aromatic carbocycles. The molecule has 0 bridgehead atoms. The fourth-order valence-electron chi connectivity index (χ4n) is 1.66. The van der Waals surface area contributed by atoms with E-state index in [1.807, 2.05) is 13.1 Å². The lowest BCUT2D eigenvalue weighted by Gasteiger charge is -2.06. The third kappa shape index (κ3) is 3.96. The average Bonchev–Trinajstić information content (AvgIpc) is 2.42. The monoisotopic (exact) mass is 273 g/mol. The highest BCUT2D eigenvalue weighted by atomic mass is 32.2. The summed E-state index contributed by atoms with van der Waals surface area (Å²) in [5.74, 6) is 1.68. The zero-order chi connectivity index (χ0) is 13.7. The van der Waals surface area contributed by atoms with Gasteiger partial charge in [0.25, 0.3) is 0 Å². The van der Waals surface area contributed by atoms with Crippen molar-refractivity contribution in [1.82, 2.24) is 9.97 Å². The maximum atomic E-state index is 4.41. The van der Waals surface area contributed by atoms with Crippen molar-refractivity contribution < 1.29 is 0 Å². The summed E-state index contributed by atoms with van der Waals surface area (Å²) in [6.07, 6.45) is 3.63. The topological polar surface area (TPSA) is 37.8 Å². The summed E-state index contributed by atoms with van der Waals surface area (Å²) in [5, 5.41) is 3.14. The van der Waals surface area contributed by atoms with E-state index in [0.29, 0.717) is 0 Å². The van der Waals surface area contributed by atoms with E-state index in [0.717, 1.165) is 23.8 Å². The molecular weight excluding hydrogens is 254 g/mol. The van der Waals surface area contributed by atoms with E-state index in [-0.39, 0.29) is 0 Å². The molecule has 1 heterocycles. The zero-order valence-electron chi connectivity index (χ0n) is 11.6. The number of anilines is 1. The minimum atomic E-state index is 0.836. The first-order valence-electron chi connectivity index (χ1n) is 6.44. The van der Waals surface area contributed by atoms with Crippen molar-refractivity contribution in [3.05, 3.63) is 47.4 Å². The zero-order valence-corrected chi connectivity index (χ0v) is 12.4. The number of hydrogen-bond acceptors (Lipinski definition) is 4. The predicted molar refractivity (Wildman–Crippen MR) is 81.7 cm³/mol. The SMILES string of the molecule is CCNc1cnc(CSc2ccc(C)c(C)c2)cn1. The smallest absolute Gasteiger partial charge is 0.144 e. The largest absolute Gasteiger partial charge is 0.369 e. The van der Waals surface area contributed by atoms with Gasteiger partial charge in [-0.25, -0.2) is 4.98 Å². The van der Waals surface area contributed by atoms with E-state index in [2.05, 4.69) is 47.3 Å². The van der Waals surface area contributed by atoms with Crippen LogP contribution in [0.4, 0.5) is 5.82 Å². The first kappa shape index (κ1) is 13.9. The van der Waals surface area contributed by atoms with Gasteiger partial charge in [-0.15, -0.1) is 11.8 Å². The number of thioether (sulfide) groups is 1. The Morgan fingerprint density at radius 1 is 1.11 bits per heavy atom. The van der Waals surface area contributed by atoms with Crippen LogP contribution in [0, 0.1) is 13.8 Å². The van der Waals surface area contributed by atoms with E-state index in [1.165, 1.54) is 16.0 Å². The summed E-state index contributed by atoms with van der Waals surface area (Å²) in [4.78, 5) is 10.0. The third-order valence-corrected chi connectivity index (χ3v) is 3.96. The second kappa shape index (κ2) is 6.57. The number of rotatable bonds is 5. The Morgan fingerprint density at radius 2 is 1.95 bits per heavy atom. The molecule has 100 valence electrons. The van der Waals surface area contributed by atoms with Gasteiger partial charge in [-0.2, -0.15) is 0 Å². The van der Waals surface area contributed by atoms with Crippen LogP contribution >= 0.6 is 11.8 Å². The molecule has 19 heavy (non-hydrogen) atoms. The fraction of sp³-hybridized carbons (Fsp3) is 0.333. The molecule has 0 spiro atoms. The second-order valence-electron chi connectivity index (χ2n) is 4.46. The molecule has 1 N–H and O–H groups in total. The van der Waals surface area contributed by atoms with Gasteiger partial charge < -0.3 is 5.32 Å². The van der Waals surface area contributed by atoms with Crippen molar-refractivity contribution in [1.29, 1.82) is 0 Å². The Kier molecular flexibility index (Phi) is 4.80. The van der Waals surface area contributed by atoms with E-state index in [9.17, 15) is 0 Å². The summed E-state index contributed by atoms with van der Waals surface area (Å²) in [5.41, 5.74) is 3.67. The minimum Gasteiger partial charge on any atom is -0.369 e. The number of aryl methyl sites for hydroxylation is 2. The Morgan fingerprint density at radius 3 is 2.58 bits per heavy atom. The van der Waals surface area contributed by atoms with Crippen LogP contribution in [0.3, 0.4) is 0 Å². The van der Waals surface area contributed by atoms with Crippen LogP contribution in [0.5, 0.6) is 0 Å². The van der Waals surface area contributed by atoms with Gasteiger partial charge in [0.2, 0.25) is 0 Å². The highest BCUT2D eigenvalue weighted by Gasteiger charge is 2.01. The van der Waals surface area contributed by atoms with Crippen LogP contribution in [0.2, 0.25) is 0 Å². The summed E-state index contributed by atoms with van der Waals surface area (Å²) in [6, 6.07) is 6.55. The summed E-state index contributed by atoms with van der Waals surface area (Å²) in [7, 11) is 0. The normalized spacial score (nSPS) is 10.5. The summed E-state index contributed by atoms with van der Waals surface area (Å²) >= 11 is 1.79. The Hall–Kier alpha value is -1.55. The van der Waals surface area contributed by atoms with Gasteiger partial charge in [0.05, 0.1) is 18.1 Å². The molecule has 2 aromatic rings. The number of aromatic nitrogens is 2. The minimum absolute atomic E-state index is 0.836. The van der Waals surface area contributed by atoms with Gasteiger partial charge in [0.1, 0.15) is 5.82 Å². The van der Waals surface area contributed by atoms with Crippen LogP contribution in [0.15, 0.2) is 35.5 Å². The summed E-state index contributed by atoms with van der Waals surface area (Å²) in [6.45, 7) is 7.19. The predicted octanol–water partition coefficient (Wildman–Crippen LogP) is 3.82. The Balaban J connectivity index is 1.96. The molecule has 0 aliphatic carbocycles. The Labute approximate surface area is 118 Å². The summed E-state index contributed by atoms with van der Waals surface area (Å²) < 4.78 is 0. The molecule has 0 aliphatic rings. The molecule has 0 unspecified atom stereocenters.